The molecule has 0 aromatic heterocycles. The molecular weight excluding hydrogens is 370 g/mol. The summed E-state index contributed by atoms with van der Waals surface area (Å²) in [7, 11) is 0. The zero-order valence-corrected chi connectivity index (χ0v) is 19.4. The third kappa shape index (κ3) is 2.49. The number of aliphatic hydroxyl groups excluding tert-OH is 2. The first-order valence-electron chi connectivity index (χ1n) is 13.1. The lowest BCUT2D eigenvalue weighted by molar-refractivity contribution is -0.0890. The predicted octanol–water partition coefficient (Wildman–Crippen LogP) is 4.63. The first-order valence-corrected chi connectivity index (χ1v) is 13.1. The molecule has 0 aromatic carbocycles. The van der Waals surface area contributed by atoms with E-state index in [-0.39, 0.29) is 11.5 Å². The number of hydrogen-bond acceptors (Lipinski definition) is 3. The summed E-state index contributed by atoms with van der Waals surface area (Å²) in [5.41, 5.74) is 2.03. The van der Waals surface area contributed by atoms with Crippen molar-refractivity contribution in [3.63, 3.8) is 0 Å². The molecule has 2 heterocycles. The van der Waals surface area contributed by atoms with Crippen molar-refractivity contribution in [2.75, 3.05) is 13.2 Å². The number of piperidine rings is 1. The van der Waals surface area contributed by atoms with E-state index in [1.807, 2.05) is 0 Å². The van der Waals surface area contributed by atoms with E-state index >= 15 is 0 Å². The van der Waals surface area contributed by atoms with E-state index in [4.69, 9.17) is 0 Å². The van der Waals surface area contributed by atoms with Gasteiger partial charge in [-0.15, -0.1) is 0 Å². The monoisotopic (exact) mass is 413 g/mol. The summed E-state index contributed by atoms with van der Waals surface area (Å²) in [5, 5.41) is 21.2. The highest BCUT2D eigenvalue weighted by atomic mass is 16.3. The van der Waals surface area contributed by atoms with Crippen LogP contribution in [0.1, 0.15) is 78.6 Å². The van der Waals surface area contributed by atoms with Gasteiger partial charge in [0.05, 0.1) is 6.10 Å². The number of aliphatic hydroxyl groups is 2. The standard InChI is InChI=1S/C27H43NO2/c1-16-4-7-23-17(2)25-24(28(23)14-16)13-22-20-6-5-18-12-19(30)8-10-26(18,3)21(20)9-11-27(22,25)15-29/h5,16-17,19-25,29-30H,4,6-15H2,1-3H3/t16-,17+,19-,20+,21-,22-,23+,24-,25-,26-,27+/m0/s1. The Bertz CT molecular complexity index is 734. The molecular formula is C27H43NO2. The zero-order chi connectivity index (χ0) is 20.8. The molecule has 3 saturated carbocycles. The van der Waals surface area contributed by atoms with Crippen molar-refractivity contribution in [1.29, 1.82) is 0 Å². The Labute approximate surface area is 183 Å². The fourth-order valence-corrected chi connectivity index (χ4v) is 10.4. The van der Waals surface area contributed by atoms with Gasteiger partial charge in [-0.2, -0.15) is 0 Å². The average molecular weight is 414 g/mol. The van der Waals surface area contributed by atoms with Crippen LogP contribution in [0.3, 0.4) is 0 Å². The van der Waals surface area contributed by atoms with Crippen LogP contribution in [0.15, 0.2) is 11.6 Å². The van der Waals surface area contributed by atoms with Gasteiger partial charge in [-0.3, -0.25) is 4.90 Å². The maximum atomic E-state index is 11.0. The van der Waals surface area contributed by atoms with Crippen LogP contribution < -0.4 is 0 Å². The molecule has 3 heteroatoms. The summed E-state index contributed by atoms with van der Waals surface area (Å²) < 4.78 is 0. The summed E-state index contributed by atoms with van der Waals surface area (Å²) in [5.74, 6) is 4.48. The highest BCUT2D eigenvalue weighted by Gasteiger charge is 2.67. The van der Waals surface area contributed by atoms with Crippen LogP contribution in [-0.4, -0.2) is 46.5 Å². The summed E-state index contributed by atoms with van der Waals surface area (Å²) in [6.45, 7) is 9.20. The number of fused-ring (bicyclic) bond motifs is 9. The van der Waals surface area contributed by atoms with Gasteiger partial charge in [-0.05, 0) is 98.7 Å². The molecule has 30 heavy (non-hydrogen) atoms. The van der Waals surface area contributed by atoms with Gasteiger partial charge in [0.2, 0.25) is 0 Å². The second-order valence-electron chi connectivity index (χ2n) is 12.7. The minimum atomic E-state index is -0.120. The number of hydrogen-bond donors (Lipinski definition) is 2. The number of rotatable bonds is 1. The number of allylic oxidation sites excluding steroid dienone is 1. The first-order chi connectivity index (χ1) is 14.4. The Morgan fingerprint density at radius 3 is 2.70 bits per heavy atom. The largest absolute Gasteiger partial charge is 0.396 e. The molecule has 2 N–H and O–H groups in total. The summed E-state index contributed by atoms with van der Waals surface area (Å²) in [6.07, 6.45) is 13.3. The third-order valence-corrected chi connectivity index (χ3v) is 11.7. The minimum absolute atomic E-state index is 0.120. The lowest BCUT2D eigenvalue weighted by Crippen LogP contribution is -2.53. The molecule has 0 spiro atoms. The molecule has 6 rings (SSSR count). The van der Waals surface area contributed by atoms with E-state index in [0.29, 0.717) is 23.9 Å². The quantitative estimate of drug-likeness (QED) is 0.616. The van der Waals surface area contributed by atoms with Gasteiger partial charge >= 0.3 is 0 Å². The van der Waals surface area contributed by atoms with Gasteiger partial charge in [0, 0.05) is 30.7 Å². The molecule has 2 aliphatic heterocycles. The molecule has 5 fully saturated rings. The Morgan fingerprint density at radius 2 is 1.90 bits per heavy atom. The van der Waals surface area contributed by atoms with Crippen molar-refractivity contribution in [3.8, 4) is 0 Å². The molecule has 3 nitrogen and oxygen atoms in total. The smallest absolute Gasteiger partial charge is 0.0577 e. The molecule has 0 radical (unpaired) electrons. The molecule has 2 saturated heterocycles. The lowest BCUT2D eigenvalue weighted by atomic mass is 9.46. The fourth-order valence-electron chi connectivity index (χ4n) is 10.4. The average Bonchev–Trinajstić information content (AvgIpc) is 3.22. The molecule has 11 atom stereocenters. The van der Waals surface area contributed by atoms with Gasteiger partial charge in [0.1, 0.15) is 0 Å². The molecule has 4 aliphatic carbocycles. The Morgan fingerprint density at radius 1 is 1.07 bits per heavy atom. The zero-order valence-electron chi connectivity index (χ0n) is 19.4. The SMILES string of the molecule is C[C@H]1CC[C@@H]2[C@@H](C)[C@H]3[C@H](C[C@H]4[C@@H]5CC=C6C[C@@H](O)CC[C@]6(C)[C@H]5CC[C@]34CO)N2C1. The van der Waals surface area contributed by atoms with Crippen LogP contribution in [0.25, 0.3) is 0 Å². The maximum Gasteiger partial charge on any atom is 0.0577 e. The van der Waals surface area contributed by atoms with E-state index in [1.54, 1.807) is 5.57 Å². The second kappa shape index (κ2) is 6.81. The second-order valence-corrected chi connectivity index (χ2v) is 12.7. The van der Waals surface area contributed by atoms with Crippen LogP contribution in [0, 0.1) is 46.3 Å². The Kier molecular flexibility index (Phi) is 4.60. The third-order valence-electron chi connectivity index (χ3n) is 11.7. The van der Waals surface area contributed by atoms with Gasteiger partial charge in [0.25, 0.3) is 0 Å². The predicted molar refractivity (Wildman–Crippen MR) is 120 cm³/mol. The minimum Gasteiger partial charge on any atom is -0.396 e. The fraction of sp³-hybridized carbons (Fsp3) is 0.926. The van der Waals surface area contributed by atoms with E-state index in [1.165, 1.54) is 45.1 Å². The van der Waals surface area contributed by atoms with E-state index < -0.39 is 0 Å². The van der Waals surface area contributed by atoms with Crippen LogP contribution in [0.4, 0.5) is 0 Å². The molecule has 0 amide bonds. The van der Waals surface area contributed by atoms with Gasteiger partial charge in [0.15, 0.2) is 0 Å². The normalized spacial score (nSPS) is 57.6. The van der Waals surface area contributed by atoms with Crippen molar-refractivity contribution >= 4 is 0 Å². The summed E-state index contributed by atoms with van der Waals surface area (Å²) >= 11 is 0. The van der Waals surface area contributed by atoms with Crippen LogP contribution in [0.2, 0.25) is 0 Å². The van der Waals surface area contributed by atoms with Gasteiger partial charge in [-0.25, -0.2) is 0 Å². The molecule has 0 unspecified atom stereocenters. The Hall–Kier alpha value is -0.380. The van der Waals surface area contributed by atoms with Crippen molar-refractivity contribution < 1.29 is 10.2 Å². The van der Waals surface area contributed by atoms with Gasteiger partial charge < -0.3 is 10.2 Å². The van der Waals surface area contributed by atoms with Crippen LogP contribution >= 0.6 is 0 Å². The summed E-state index contributed by atoms with van der Waals surface area (Å²) in [4.78, 5) is 2.93. The Balaban J connectivity index is 1.35. The first kappa shape index (κ1) is 20.2. The van der Waals surface area contributed by atoms with Crippen molar-refractivity contribution in [3.05, 3.63) is 11.6 Å². The van der Waals surface area contributed by atoms with Crippen molar-refractivity contribution in [2.45, 2.75) is 96.7 Å². The summed E-state index contributed by atoms with van der Waals surface area (Å²) in [6, 6.07) is 1.49. The highest BCUT2D eigenvalue weighted by molar-refractivity contribution is 5.27. The van der Waals surface area contributed by atoms with Crippen molar-refractivity contribution in [2.24, 2.45) is 46.3 Å². The molecule has 168 valence electrons. The topological polar surface area (TPSA) is 43.7 Å². The van der Waals surface area contributed by atoms with Crippen LogP contribution in [-0.2, 0) is 0 Å². The molecule has 0 bridgehead atoms. The van der Waals surface area contributed by atoms with E-state index in [0.717, 1.165) is 55.0 Å². The van der Waals surface area contributed by atoms with Gasteiger partial charge in [-0.1, -0.05) is 32.4 Å². The van der Waals surface area contributed by atoms with E-state index in [9.17, 15) is 10.2 Å². The molecule has 6 aliphatic rings. The van der Waals surface area contributed by atoms with E-state index in [2.05, 4.69) is 31.7 Å². The molecule has 0 aromatic rings. The van der Waals surface area contributed by atoms with Crippen LogP contribution in [0.5, 0.6) is 0 Å². The maximum absolute atomic E-state index is 11.0. The lowest BCUT2D eigenvalue weighted by Gasteiger charge is -2.58. The highest BCUT2D eigenvalue weighted by Crippen LogP contribution is 2.69. The number of nitrogens with zero attached hydrogens (tertiary/aromatic N) is 1. The van der Waals surface area contributed by atoms with Crippen molar-refractivity contribution in [1.82, 2.24) is 4.90 Å².